The Hall–Kier alpha value is -0.550. The molecule has 0 heterocycles. The minimum absolute atomic E-state index is 0.261. The number of hydrogen-bond donors (Lipinski definition) is 1. The Bertz CT molecular complexity index is 647. The van der Waals surface area contributed by atoms with Crippen molar-refractivity contribution in [3.8, 4) is 0 Å². The van der Waals surface area contributed by atoms with Crippen molar-refractivity contribution in [1.29, 1.82) is 0 Å². The van der Waals surface area contributed by atoms with E-state index in [0.717, 1.165) is 4.47 Å². The molecule has 0 atom stereocenters. The van der Waals surface area contributed by atoms with E-state index in [1.807, 2.05) is 0 Å². The molecular weight excluding hydrogens is 417 g/mol. The van der Waals surface area contributed by atoms with E-state index in [1.165, 1.54) is 0 Å². The molecule has 0 bridgehead atoms. The third-order valence-corrected chi connectivity index (χ3v) is 4.07. The molecule has 0 aliphatic heterocycles. The Morgan fingerprint density at radius 2 is 1.79 bits per heavy atom. The van der Waals surface area contributed by atoms with E-state index >= 15 is 0 Å². The van der Waals surface area contributed by atoms with Crippen LogP contribution in [-0.2, 0) is 0 Å². The average molecular weight is 424 g/mol. The third kappa shape index (κ3) is 3.72. The molecule has 6 heteroatoms. The van der Waals surface area contributed by atoms with Crippen molar-refractivity contribution in [3.05, 3.63) is 61.0 Å². The molecule has 0 spiro atoms. The highest BCUT2D eigenvalue weighted by molar-refractivity contribution is 9.11. The van der Waals surface area contributed by atoms with Gasteiger partial charge in [0.05, 0.1) is 16.3 Å². The quantitative estimate of drug-likeness (QED) is 0.652. The monoisotopic (exact) mass is 421 g/mol. The van der Waals surface area contributed by atoms with Gasteiger partial charge in [-0.15, -0.1) is 0 Å². The number of rotatable bonds is 2. The van der Waals surface area contributed by atoms with E-state index < -0.39 is 0 Å². The van der Waals surface area contributed by atoms with Crippen LogP contribution in [0.5, 0.6) is 0 Å². The number of amides is 1. The van der Waals surface area contributed by atoms with Crippen LogP contribution in [-0.4, -0.2) is 5.91 Å². The van der Waals surface area contributed by atoms with Gasteiger partial charge in [0.2, 0.25) is 0 Å². The van der Waals surface area contributed by atoms with E-state index in [2.05, 4.69) is 37.2 Å². The van der Waals surface area contributed by atoms with Gasteiger partial charge in [-0.1, -0.05) is 39.1 Å². The minimum atomic E-state index is -0.261. The Morgan fingerprint density at radius 3 is 2.47 bits per heavy atom. The molecule has 2 aromatic carbocycles. The van der Waals surface area contributed by atoms with E-state index in [9.17, 15) is 4.79 Å². The van der Waals surface area contributed by atoms with Gasteiger partial charge in [0.25, 0.3) is 5.91 Å². The molecule has 0 radical (unpaired) electrons. The lowest BCUT2D eigenvalue weighted by atomic mass is 10.2. The van der Waals surface area contributed by atoms with E-state index in [1.54, 1.807) is 36.4 Å². The molecular formula is C13H7Br2Cl2NO. The number of anilines is 1. The Labute approximate surface area is 137 Å². The second kappa shape index (κ2) is 6.27. The lowest BCUT2D eigenvalue weighted by Crippen LogP contribution is -2.12. The van der Waals surface area contributed by atoms with Crippen molar-refractivity contribution >= 4 is 66.7 Å². The van der Waals surface area contributed by atoms with Crippen molar-refractivity contribution in [2.45, 2.75) is 0 Å². The number of halogens is 4. The first-order valence-electron chi connectivity index (χ1n) is 5.19. The molecule has 0 unspecified atom stereocenters. The zero-order valence-electron chi connectivity index (χ0n) is 9.38. The summed E-state index contributed by atoms with van der Waals surface area (Å²) < 4.78 is 1.58. The topological polar surface area (TPSA) is 29.1 Å². The average Bonchev–Trinajstić information content (AvgIpc) is 2.33. The van der Waals surface area contributed by atoms with Crippen LogP contribution < -0.4 is 5.32 Å². The fourth-order valence-electron chi connectivity index (χ4n) is 1.46. The molecule has 0 aliphatic rings. The molecule has 0 saturated carbocycles. The van der Waals surface area contributed by atoms with Crippen LogP contribution in [0.3, 0.4) is 0 Å². The van der Waals surface area contributed by atoms with Crippen LogP contribution in [0, 0.1) is 0 Å². The van der Waals surface area contributed by atoms with Gasteiger partial charge < -0.3 is 5.32 Å². The van der Waals surface area contributed by atoms with Gasteiger partial charge in [-0.2, -0.15) is 0 Å². The Kier molecular flexibility index (Phi) is 4.90. The van der Waals surface area contributed by atoms with Crippen LogP contribution in [0.25, 0.3) is 0 Å². The van der Waals surface area contributed by atoms with Gasteiger partial charge in [-0.05, 0) is 52.3 Å². The van der Waals surface area contributed by atoms with Gasteiger partial charge in [0, 0.05) is 14.0 Å². The van der Waals surface area contributed by atoms with Crippen LogP contribution in [0.15, 0.2) is 45.3 Å². The summed E-state index contributed by atoms with van der Waals surface area (Å²) >= 11 is 18.6. The molecule has 0 aromatic heterocycles. The third-order valence-electron chi connectivity index (χ3n) is 2.35. The molecule has 2 aromatic rings. The van der Waals surface area contributed by atoms with E-state index in [4.69, 9.17) is 23.2 Å². The number of benzene rings is 2. The summed E-state index contributed by atoms with van der Waals surface area (Å²) in [6.07, 6.45) is 0. The summed E-state index contributed by atoms with van der Waals surface area (Å²) in [7, 11) is 0. The molecule has 0 fully saturated rings. The predicted molar refractivity (Wildman–Crippen MR) is 86.3 cm³/mol. The van der Waals surface area contributed by atoms with E-state index in [0.29, 0.717) is 25.8 Å². The molecule has 2 nitrogen and oxygen atoms in total. The second-order valence-corrected chi connectivity index (χ2v) is 6.32. The zero-order chi connectivity index (χ0) is 14.0. The zero-order valence-corrected chi connectivity index (χ0v) is 14.1. The summed E-state index contributed by atoms with van der Waals surface area (Å²) in [5.74, 6) is -0.261. The SMILES string of the molecule is O=C(Nc1cc(Cl)ccc1Cl)c1ccc(Br)cc1Br. The minimum Gasteiger partial charge on any atom is -0.321 e. The van der Waals surface area contributed by atoms with Gasteiger partial charge >= 0.3 is 0 Å². The molecule has 1 amide bonds. The highest BCUT2D eigenvalue weighted by Gasteiger charge is 2.12. The number of nitrogens with one attached hydrogen (secondary N) is 1. The number of carbonyl (C=O) groups excluding carboxylic acids is 1. The van der Waals surface area contributed by atoms with Crippen molar-refractivity contribution in [1.82, 2.24) is 0 Å². The predicted octanol–water partition coefficient (Wildman–Crippen LogP) is 5.77. The number of carbonyl (C=O) groups is 1. The lowest BCUT2D eigenvalue weighted by Gasteiger charge is -2.09. The van der Waals surface area contributed by atoms with Crippen molar-refractivity contribution in [2.75, 3.05) is 5.32 Å². The largest absolute Gasteiger partial charge is 0.321 e. The summed E-state index contributed by atoms with van der Waals surface area (Å²) in [5, 5.41) is 3.67. The molecule has 2 rings (SSSR count). The molecule has 0 saturated heterocycles. The van der Waals surface area contributed by atoms with Gasteiger partial charge in [0.15, 0.2) is 0 Å². The first-order chi connectivity index (χ1) is 8.97. The summed E-state index contributed by atoms with van der Waals surface area (Å²) in [5.41, 5.74) is 0.994. The van der Waals surface area contributed by atoms with Crippen LogP contribution in [0.4, 0.5) is 5.69 Å². The molecule has 19 heavy (non-hydrogen) atoms. The second-order valence-electron chi connectivity index (χ2n) is 3.70. The van der Waals surface area contributed by atoms with Crippen LogP contribution in [0.1, 0.15) is 10.4 Å². The molecule has 0 aliphatic carbocycles. The fourth-order valence-corrected chi connectivity index (χ4v) is 3.02. The van der Waals surface area contributed by atoms with Gasteiger partial charge in [-0.25, -0.2) is 0 Å². The first-order valence-corrected chi connectivity index (χ1v) is 7.53. The Balaban J connectivity index is 2.28. The lowest BCUT2D eigenvalue weighted by molar-refractivity contribution is 0.102. The highest BCUT2D eigenvalue weighted by Crippen LogP contribution is 2.27. The van der Waals surface area contributed by atoms with Crippen molar-refractivity contribution < 1.29 is 4.79 Å². The van der Waals surface area contributed by atoms with Crippen LogP contribution >= 0.6 is 55.1 Å². The Morgan fingerprint density at radius 1 is 1.05 bits per heavy atom. The summed E-state index contributed by atoms with van der Waals surface area (Å²) in [6.45, 7) is 0. The van der Waals surface area contributed by atoms with Crippen LogP contribution in [0.2, 0.25) is 10.0 Å². The summed E-state index contributed by atoms with van der Waals surface area (Å²) in [4.78, 5) is 12.2. The highest BCUT2D eigenvalue weighted by atomic mass is 79.9. The van der Waals surface area contributed by atoms with E-state index in [-0.39, 0.29) is 5.91 Å². The first kappa shape index (κ1) is 14.9. The normalized spacial score (nSPS) is 10.3. The maximum Gasteiger partial charge on any atom is 0.256 e. The van der Waals surface area contributed by atoms with Gasteiger partial charge in [-0.3, -0.25) is 4.79 Å². The summed E-state index contributed by atoms with van der Waals surface area (Å²) in [6, 6.07) is 10.2. The molecule has 98 valence electrons. The standard InChI is InChI=1S/C13H7Br2Cl2NO/c14-7-1-3-9(10(15)5-7)13(19)18-12-6-8(16)2-4-11(12)17/h1-6H,(H,18,19). The molecule has 1 N–H and O–H groups in total. The van der Waals surface area contributed by atoms with Gasteiger partial charge in [0.1, 0.15) is 0 Å². The maximum atomic E-state index is 12.2. The fraction of sp³-hybridized carbons (Fsp3) is 0. The number of hydrogen-bond acceptors (Lipinski definition) is 1. The van der Waals surface area contributed by atoms with Crippen molar-refractivity contribution in [3.63, 3.8) is 0 Å². The maximum absolute atomic E-state index is 12.2. The van der Waals surface area contributed by atoms with Crippen molar-refractivity contribution in [2.24, 2.45) is 0 Å². The smallest absolute Gasteiger partial charge is 0.256 e.